The summed E-state index contributed by atoms with van der Waals surface area (Å²) < 4.78 is 46.0. The fourth-order valence-corrected chi connectivity index (χ4v) is 4.85. The van der Waals surface area contributed by atoms with Crippen LogP contribution in [0.5, 0.6) is 5.75 Å². The Balaban J connectivity index is 1.39. The summed E-state index contributed by atoms with van der Waals surface area (Å²) in [5.41, 5.74) is 1.66. The van der Waals surface area contributed by atoms with E-state index in [1.54, 1.807) is 18.2 Å². The minimum absolute atomic E-state index is 0.00431. The Morgan fingerprint density at radius 1 is 1.06 bits per heavy atom. The minimum Gasteiger partial charge on any atom is -0.484 e. The summed E-state index contributed by atoms with van der Waals surface area (Å²) in [6.07, 6.45) is 0. The summed E-state index contributed by atoms with van der Waals surface area (Å²) >= 11 is 0. The summed E-state index contributed by atoms with van der Waals surface area (Å²) in [4.78, 5) is 13.8. The standard InChI is InChI=1S/C23H30FN3O4S/c1-18(2)19-7-9-20(10-8-19)31-17-23(28)25-11-16-32(29,30)27-14-12-26(13-15-27)22-6-4-3-5-21(22)24/h3-10,18H,11-17H2,1-2H3,(H,25,28). The molecule has 0 unspecified atom stereocenters. The molecule has 0 atom stereocenters. The number of ether oxygens (including phenoxy) is 1. The predicted molar refractivity (Wildman–Crippen MR) is 123 cm³/mol. The number of benzene rings is 2. The number of nitrogens with zero attached hydrogens (tertiary/aromatic N) is 2. The molecule has 32 heavy (non-hydrogen) atoms. The van der Waals surface area contributed by atoms with E-state index in [2.05, 4.69) is 19.2 Å². The van der Waals surface area contributed by atoms with Gasteiger partial charge in [-0.3, -0.25) is 4.79 Å². The van der Waals surface area contributed by atoms with Crippen molar-refractivity contribution in [2.45, 2.75) is 19.8 Å². The number of carbonyl (C=O) groups is 1. The van der Waals surface area contributed by atoms with Gasteiger partial charge >= 0.3 is 0 Å². The Labute approximate surface area is 189 Å². The van der Waals surface area contributed by atoms with Gasteiger partial charge in [0.05, 0.1) is 11.4 Å². The zero-order valence-corrected chi connectivity index (χ0v) is 19.3. The number of halogens is 1. The summed E-state index contributed by atoms with van der Waals surface area (Å²) in [7, 11) is -3.52. The molecule has 2 aromatic rings. The molecule has 1 amide bonds. The molecule has 7 nitrogen and oxygen atoms in total. The second-order valence-electron chi connectivity index (χ2n) is 8.02. The molecule has 1 aliphatic rings. The van der Waals surface area contributed by atoms with Crippen molar-refractivity contribution in [3.8, 4) is 5.75 Å². The molecule has 3 rings (SSSR count). The molecule has 0 saturated carbocycles. The highest BCUT2D eigenvalue weighted by Gasteiger charge is 2.27. The highest BCUT2D eigenvalue weighted by Crippen LogP contribution is 2.21. The van der Waals surface area contributed by atoms with E-state index >= 15 is 0 Å². The lowest BCUT2D eigenvalue weighted by Gasteiger charge is -2.35. The summed E-state index contributed by atoms with van der Waals surface area (Å²) in [5, 5.41) is 2.59. The van der Waals surface area contributed by atoms with Crippen molar-refractivity contribution in [1.82, 2.24) is 9.62 Å². The van der Waals surface area contributed by atoms with Crippen LogP contribution >= 0.6 is 0 Å². The number of rotatable bonds is 9. The first-order chi connectivity index (χ1) is 15.3. The molecule has 0 radical (unpaired) electrons. The van der Waals surface area contributed by atoms with Crippen molar-refractivity contribution in [3.05, 3.63) is 59.9 Å². The predicted octanol–water partition coefficient (Wildman–Crippen LogP) is 2.60. The quantitative estimate of drug-likeness (QED) is 0.619. The number of para-hydroxylation sites is 1. The van der Waals surface area contributed by atoms with E-state index in [4.69, 9.17) is 4.74 Å². The lowest BCUT2D eigenvalue weighted by Crippen LogP contribution is -2.50. The van der Waals surface area contributed by atoms with Crippen LogP contribution in [0.25, 0.3) is 0 Å². The number of hydrogen-bond acceptors (Lipinski definition) is 5. The number of nitrogens with one attached hydrogen (secondary N) is 1. The van der Waals surface area contributed by atoms with Crippen LogP contribution in [-0.4, -0.2) is 63.7 Å². The van der Waals surface area contributed by atoms with Gasteiger partial charge in [0.25, 0.3) is 5.91 Å². The number of carbonyl (C=O) groups excluding carboxylic acids is 1. The number of anilines is 1. The van der Waals surface area contributed by atoms with Gasteiger partial charge in [-0.25, -0.2) is 12.8 Å². The molecule has 1 aliphatic heterocycles. The molecule has 2 aromatic carbocycles. The zero-order chi connectivity index (χ0) is 23.1. The minimum atomic E-state index is -3.52. The summed E-state index contributed by atoms with van der Waals surface area (Å²) in [6.45, 7) is 5.40. The fourth-order valence-electron chi connectivity index (χ4n) is 3.51. The van der Waals surface area contributed by atoms with E-state index in [1.807, 2.05) is 29.2 Å². The van der Waals surface area contributed by atoms with Crippen molar-refractivity contribution in [1.29, 1.82) is 0 Å². The normalized spacial score (nSPS) is 15.1. The summed E-state index contributed by atoms with van der Waals surface area (Å²) in [6, 6.07) is 14.0. The maximum absolute atomic E-state index is 13.9. The van der Waals surface area contributed by atoms with Gasteiger partial charge in [0.1, 0.15) is 11.6 Å². The van der Waals surface area contributed by atoms with Crippen molar-refractivity contribution in [3.63, 3.8) is 0 Å². The van der Waals surface area contributed by atoms with Crippen LogP contribution in [0.2, 0.25) is 0 Å². The Morgan fingerprint density at radius 2 is 1.72 bits per heavy atom. The van der Waals surface area contributed by atoms with Crippen molar-refractivity contribution < 1.29 is 22.3 Å². The number of piperazine rings is 1. The van der Waals surface area contributed by atoms with Gasteiger partial charge in [-0.15, -0.1) is 0 Å². The zero-order valence-electron chi connectivity index (χ0n) is 18.5. The first-order valence-corrected chi connectivity index (χ1v) is 12.3. The van der Waals surface area contributed by atoms with E-state index in [9.17, 15) is 17.6 Å². The Morgan fingerprint density at radius 3 is 2.34 bits per heavy atom. The van der Waals surface area contributed by atoms with E-state index < -0.39 is 10.0 Å². The molecule has 1 saturated heterocycles. The molecular weight excluding hydrogens is 433 g/mol. The highest BCUT2D eigenvalue weighted by atomic mass is 32.2. The maximum Gasteiger partial charge on any atom is 0.257 e. The van der Waals surface area contributed by atoms with Crippen LogP contribution in [0.4, 0.5) is 10.1 Å². The van der Waals surface area contributed by atoms with Gasteiger partial charge in [-0.1, -0.05) is 38.1 Å². The Hall–Kier alpha value is -2.65. The van der Waals surface area contributed by atoms with Crippen molar-refractivity contribution in [2.24, 2.45) is 0 Å². The number of amides is 1. The van der Waals surface area contributed by atoms with Crippen LogP contribution in [-0.2, 0) is 14.8 Å². The monoisotopic (exact) mass is 463 g/mol. The van der Waals surface area contributed by atoms with Gasteiger partial charge in [0.15, 0.2) is 6.61 Å². The molecule has 0 bridgehead atoms. The van der Waals surface area contributed by atoms with Crippen molar-refractivity contribution >= 4 is 21.6 Å². The van der Waals surface area contributed by atoms with Gasteiger partial charge in [0, 0.05) is 32.7 Å². The third-order valence-corrected chi connectivity index (χ3v) is 7.30. The van der Waals surface area contributed by atoms with E-state index in [0.29, 0.717) is 30.4 Å². The fraction of sp³-hybridized carbons (Fsp3) is 0.435. The maximum atomic E-state index is 13.9. The average Bonchev–Trinajstić information content (AvgIpc) is 2.78. The molecule has 0 spiro atoms. The molecular formula is C23H30FN3O4S. The molecule has 0 aromatic heterocycles. The first-order valence-electron chi connectivity index (χ1n) is 10.7. The van der Waals surface area contributed by atoms with Crippen LogP contribution < -0.4 is 15.0 Å². The first kappa shape index (κ1) is 24.0. The molecule has 1 heterocycles. The third kappa shape index (κ3) is 6.43. The lowest BCUT2D eigenvalue weighted by molar-refractivity contribution is -0.122. The third-order valence-electron chi connectivity index (χ3n) is 5.42. The topological polar surface area (TPSA) is 78.9 Å². The molecule has 174 valence electrons. The Kier molecular flexibility index (Phi) is 8.09. The highest BCUT2D eigenvalue weighted by molar-refractivity contribution is 7.89. The van der Waals surface area contributed by atoms with E-state index in [-0.39, 0.29) is 43.7 Å². The van der Waals surface area contributed by atoms with E-state index in [1.165, 1.54) is 15.9 Å². The SMILES string of the molecule is CC(C)c1ccc(OCC(=O)NCCS(=O)(=O)N2CCN(c3ccccc3F)CC2)cc1. The van der Waals surface area contributed by atoms with Gasteiger partial charge in [-0.2, -0.15) is 4.31 Å². The molecule has 0 aliphatic carbocycles. The van der Waals surface area contributed by atoms with Crippen LogP contribution in [0.15, 0.2) is 48.5 Å². The molecule has 9 heteroatoms. The largest absolute Gasteiger partial charge is 0.484 e. The van der Waals surface area contributed by atoms with Crippen LogP contribution in [0, 0.1) is 5.82 Å². The van der Waals surface area contributed by atoms with Crippen LogP contribution in [0.1, 0.15) is 25.3 Å². The van der Waals surface area contributed by atoms with Crippen molar-refractivity contribution in [2.75, 3.05) is 50.0 Å². The smallest absolute Gasteiger partial charge is 0.257 e. The average molecular weight is 464 g/mol. The lowest BCUT2D eigenvalue weighted by atomic mass is 10.0. The molecule has 1 fully saturated rings. The summed E-state index contributed by atoms with van der Waals surface area (Å²) in [5.74, 6) is 0.116. The van der Waals surface area contributed by atoms with Gasteiger partial charge < -0.3 is 15.0 Å². The Bertz CT molecular complexity index is 1000. The van der Waals surface area contributed by atoms with Crippen LogP contribution in [0.3, 0.4) is 0 Å². The van der Waals surface area contributed by atoms with Gasteiger partial charge in [-0.05, 0) is 35.7 Å². The second-order valence-corrected chi connectivity index (χ2v) is 10.1. The van der Waals surface area contributed by atoms with E-state index in [0.717, 1.165) is 0 Å². The van der Waals surface area contributed by atoms with Gasteiger partial charge in [0.2, 0.25) is 10.0 Å². The number of sulfonamides is 1. The number of hydrogen-bond donors (Lipinski definition) is 1. The second kappa shape index (κ2) is 10.8. The molecule has 1 N–H and O–H groups in total.